The summed E-state index contributed by atoms with van der Waals surface area (Å²) >= 11 is 0. The van der Waals surface area contributed by atoms with Gasteiger partial charge in [0.15, 0.2) is 0 Å². The van der Waals surface area contributed by atoms with Gasteiger partial charge in [-0.1, -0.05) is 17.7 Å². The van der Waals surface area contributed by atoms with Crippen molar-refractivity contribution in [3.8, 4) is 0 Å². The molecule has 140 valence electrons. The van der Waals surface area contributed by atoms with Gasteiger partial charge in [0.2, 0.25) is 5.91 Å². The molecule has 1 aliphatic carbocycles. The highest BCUT2D eigenvalue weighted by Crippen LogP contribution is 2.33. The monoisotopic (exact) mass is 366 g/mol. The summed E-state index contributed by atoms with van der Waals surface area (Å²) in [4.78, 5) is 25.6. The highest BCUT2D eigenvalue weighted by Gasteiger charge is 2.40. The number of halogens is 3. The van der Waals surface area contributed by atoms with E-state index < -0.39 is 29.6 Å². The Kier molecular flexibility index (Phi) is 5.46. The van der Waals surface area contributed by atoms with Crippen molar-refractivity contribution in [2.45, 2.75) is 50.7 Å². The van der Waals surface area contributed by atoms with E-state index in [0.29, 0.717) is 6.54 Å². The number of amides is 2. The Morgan fingerprint density at radius 3 is 2.69 bits per heavy atom. The number of rotatable bonds is 5. The zero-order valence-electron chi connectivity index (χ0n) is 14.3. The number of imide groups is 1. The van der Waals surface area contributed by atoms with Crippen LogP contribution in [0.1, 0.15) is 44.1 Å². The summed E-state index contributed by atoms with van der Waals surface area (Å²) in [5.74, 6) is -0.976. The molecule has 2 aliphatic rings. The summed E-state index contributed by atoms with van der Waals surface area (Å²) < 4.78 is 38.6. The van der Waals surface area contributed by atoms with Crippen molar-refractivity contribution >= 4 is 17.5 Å². The maximum absolute atomic E-state index is 12.9. The van der Waals surface area contributed by atoms with Gasteiger partial charge in [-0.25, -0.2) is 4.90 Å². The van der Waals surface area contributed by atoms with Gasteiger partial charge in [0.05, 0.1) is 23.7 Å². The number of carbonyl (C=O) groups is 2. The van der Waals surface area contributed by atoms with Crippen LogP contribution in [0.3, 0.4) is 0 Å². The van der Waals surface area contributed by atoms with Gasteiger partial charge in [-0.15, -0.1) is 0 Å². The fourth-order valence-electron chi connectivity index (χ4n) is 3.42. The van der Waals surface area contributed by atoms with Crippen molar-refractivity contribution < 1.29 is 22.8 Å². The van der Waals surface area contributed by atoms with Crippen LogP contribution >= 0.6 is 0 Å². The molecule has 0 spiro atoms. The van der Waals surface area contributed by atoms with E-state index in [0.717, 1.165) is 36.3 Å². The van der Waals surface area contributed by atoms with E-state index in [-0.39, 0.29) is 12.1 Å². The topological polar surface area (TPSA) is 49.4 Å². The molecule has 0 saturated carbocycles. The van der Waals surface area contributed by atoms with Crippen molar-refractivity contribution in [3.05, 3.63) is 41.5 Å². The second-order valence-electron chi connectivity index (χ2n) is 6.68. The fourth-order valence-corrected chi connectivity index (χ4v) is 3.42. The zero-order valence-corrected chi connectivity index (χ0v) is 14.3. The van der Waals surface area contributed by atoms with Crippen LogP contribution in [-0.4, -0.2) is 24.4 Å². The largest absolute Gasteiger partial charge is 0.416 e. The van der Waals surface area contributed by atoms with E-state index in [1.54, 1.807) is 0 Å². The molecule has 1 atom stereocenters. The number of nitrogens with one attached hydrogen (secondary N) is 1. The van der Waals surface area contributed by atoms with E-state index >= 15 is 0 Å². The highest BCUT2D eigenvalue weighted by atomic mass is 19.4. The molecule has 0 radical (unpaired) electrons. The van der Waals surface area contributed by atoms with E-state index in [1.807, 2.05) is 0 Å². The molecule has 1 heterocycles. The molecule has 2 amide bonds. The predicted molar refractivity (Wildman–Crippen MR) is 91.5 cm³/mol. The molecule has 3 rings (SSSR count). The summed E-state index contributed by atoms with van der Waals surface area (Å²) in [6, 6.07) is 3.63. The van der Waals surface area contributed by atoms with Crippen LogP contribution in [-0.2, 0) is 15.8 Å². The average Bonchev–Trinajstić information content (AvgIpc) is 2.89. The molecular formula is C19H21F3N2O2. The lowest BCUT2D eigenvalue weighted by Crippen LogP contribution is -2.39. The van der Waals surface area contributed by atoms with Crippen molar-refractivity contribution in [3.63, 3.8) is 0 Å². The summed E-state index contributed by atoms with van der Waals surface area (Å²) in [6.45, 7) is 0.575. The molecule has 0 unspecified atom stereocenters. The third-order valence-corrected chi connectivity index (χ3v) is 4.80. The first-order valence-corrected chi connectivity index (χ1v) is 8.81. The van der Waals surface area contributed by atoms with Gasteiger partial charge in [0, 0.05) is 0 Å². The number of anilines is 1. The van der Waals surface area contributed by atoms with Crippen LogP contribution in [0.5, 0.6) is 0 Å². The van der Waals surface area contributed by atoms with Gasteiger partial charge in [-0.05, 0) is 56.8 Å². The first-order chi connectivity index (χ1) is 12.4. The number of hydrogen-bond acceptors (Lipinski definition) is 3. The maximum atomic E-state index is 12.9. The highest BCUT2D eigenvalue weighted by molar-refractivity contribution is 6.22. The maximum Gasteiger partial charge on any atom is 0.416 e. The minimum absolute atomic E-state index is 0.0332. The Morgan fingerprint density at radius 2 is 2.00 bits per heavy atom. The lowest BCUT2D eigenvalue weighted by atomic mass is 9.97. The van der Waals surface area contributed by atoms with Crippen LogP contribution in [0.4, 0.5) is 18.9 Å². The molecule has 0 bridgehead atoms. The first-order valence-electron chi connectivity index (χ1n) is 8.81. The summed E-state index contributed by atoms with van der Waals surface area (Å²) in [7, 11) is 0. The Balaban J connectivity index is 1.64. The van der Waals surface area contributed by atoms with Crippen LogP contribution in [0.2, 0.25) is 0 Å². The van der Waals surface area contributed by atoms with Crippen molar-refractivity contribution in [1.29, 1.82) is 0 Å². The Morgan fingerprint density at radius 1 is 1.19 bits per heavy atom. The van der Waals surface area contributed by atoms with Crippen LogP contribution in [0.25, 0.3) is 0 Å². The SMILES string of the molecule is O=C1C[C@@H](NCCC2=CCCCC2)C(=O)N1c1cccc(C(F)(F)F)c1. The first kappa shape index (κ1) is 18.6. The van der Waals surface area contributed by atoms with Gasteiger partial charge in [0.1, 0.15) is 0 Å². The molecule has 1 aliphatic heterocycles. The molecule has 0 aromatic heterocycles. The molecule has 1 N–H and O–H groups in total. The number of alkyl halides is 3. The second kappa shape index (κ2) is 7.61. The van der Waals surface area contributed by atoms with Gasteiger partial charge < -0.3 is 5.32 Å². The van der Waals surface area contributed by atoms with Crippen LogP contribution in [0, 0.1) is 0 Å². The molecule has 26 heavy (non-hydrogen) atoms. The molecule has 1 saturated heterocycles. The molecule has 1 aromatic rings. The second-order valence-corrected chi connectivity index (χ2v) is 6.68. The normalized spacial score (nSPS) is 21.3. The van der Waals surface area contributed by atoms with Gasteiger partial charge in [-0.2, -0.15) is 13.2 Å². The third-order valence-electron chi connectivity index (χ3n) is 4.80. The fraction of sp³-hybridized carbons (Fsp3) is 0.474. The minimum Gasteiger partial charge on any atom is -0.305 e. The summed E-state index contributed by atoms with van der Waals surface area (Å²) in [5, 5.41) is 3.08. The molecular weight excluding hydrogens is 345 g/mol. The van der Waals surface area contributed by atoms with Crippen molar-refractivity contribution in [2.75, 3.05) is 11.4 Å². The lowest BCUT2D eigenvalue weighted by molar-refractivity contribution is -0.137. The van der Waals surface area contributed by atoms with E-state index in [9.17, 15) is 22.8 Å². The van der Waals surface area contributed by atoms with E-state index in [4.69, 9.17) is 0 Å². The predicted octanol–water partition coefficient (Wildman–Crippen LogP) is 3.82. The standard InChI is InChI=1S/C19H21F3N2O2/c20-19(21,22)14-7-4-8-15(11-14)24-17(25)12-16(18(24)26)23-10-9-13-5-2-1-3-6-13/h4-5,7-8,11,16,23H,1-3,6,9-10,12H2/t16-/m1/s1. The van der Waals surface area contributed by atoms with Gasteiger partial charge in [0.25, 0.3) is 5.91 Å². The van der Waals surface area contributed by atoms with Gasteiger partial charge in [-0.3, -0.25) is 9.59 Å². The zero-order chi connectivity index (χ0) is 18.7. The molecule has 7 heteroatoms. The van der Waals surface area contributed by atoms with Crippen LogP contribution in [0.15, 0.2) is 35.9 Å². The summed E-state index contributed by atoms with van der Waals surface area (Å²) in [5.41, 5.74) is 0.445. The molecule has 1 aromatic carbocycles. The average molecular weight is 366 g/mol. The lowest BCUT2D eigenvalue weighted by Gasteiger charge is -2.18. The Bertz CT molecular complexity index is 728. The number of allylic oxidation sites excluding steroid dienone is 1. The molecule has 1 fully saturated rings. The van der Waals surface area contributed by atoms with E-state index in [2.05, 4.69) is 11.4 Å². The summed E-state index contributed by atoms with van der Waals surface area (Å²) in [6.07, 6.45) is 3.02. The smallest absolute Gasteiger partial charge is 0.305 e. The Hall–Kier alpha value is -2.15. The molecule has 4 nitrogen and oxygen atoms in total. The number of nitrogens with zero attached hydrogens (tertiary/aromatic N) is 1. The minimum atomic E-state index is -4.52. The number of carbonyl (C=O) groups excluding carboxylic acids is 2. The van der Waals surface area contributed by atoms with Crippen molar-refractivity contribution in [1.82, 2.24) is 5.32 Å². The van der Waals surface area contributed by atoms with Crippen molar-refractivity contribution in [2.24, 2.45) is 0 Å². The Labute approximate surface area is 150 Å². The quantitative estimate of drug-likeness (QED) is 0.637. The number of hydrogen-bond donors (Lipinski definition) is 1. The number of benzene rings is 1. The van der Waals surface area contributed by atoms with Crippen LogP contribution < -0.4 is 10.2 Å². The van der Waals surface area contributed by atoms with Gasteiger partial charge >= 0.3 is 6.18 Å². The van der Waals surface area contributed by atoms with E-state index in [1.165, 1.54) is 30.5 Å². The third kappa shape index (κ3) is 4.15.